The van der Waals surface area contributed by atoms with E-state index in [0.717, 1.165) is 27.5 Å². The molecule has 0 unspecified atom stereocenters. The second-order valence-corrected chi connectivity index (χ2v) is 20.0. The third kappa shape index (κ3) is 5.41. The van der Waals surface area contributed by atoms with Gasteiger partial charge < -0.3 is 4.42 Å². The van der Waals surface area contributed by atoms with Gasteiger partial charge in [-0.25, -0.2) is 0 Å². The van der Waals surface area contributed by atoms with Gasteiger partial charge in [0.05, 0.1) is 0 Å². The Kier molecular flexibility index (Phi) is 7.88. The molecule has 0 N–H and O–H groups in total. The fourth-order valence-corrected chi connectivity index (χ4v) is 13.6. The Morgan fingerprint density at radius 1 is 0.239 bits per heavy atom. The van der Waals surface area contributed by atoms with E-state index >= 15 is 0 Å². The van der Waals surface area contributed by atoms with Crippen LogP contribution >= 0.6 is 22.7 Å². The van der Waals surface area contributed by atoms with Crippen molar-refractivity contribution in [3.05, 3.63) is 218 Å². The van der Waals surface area contributed by atoms with Crippen LogP contribution in [0.1, 0.15) is 0 Å². The first-order valence-electron chi connectivity index (χ1n) is 22.9. The van der Waals surface area contributed by atoms with Crippen LogP contribution in [-0.2, 0) is 0 Å². The van der Waals surface area contributed by atoms with E-state index < -0.39 is 0 Å². The van der Waals surface area contributed by atoms with Gasteiger partial charge in [0.15, 0.2) is 0 Å². The molecule has 3 heterocycles. The zero-order valence-corrected chi connectivity index (χ0v) is 37.6. The molecule has 1 nitrogen and oxygen atoms in total. The first-order chi connectivity index (χ1) is 33.2. The van der Waals surface area contributed by atoms with Crippen molar-refractivity contribution in [2.24, 2.45) is 0 Å². The van der Waals surface area contributed by atoms with E-state index in [1.54, 1.807) is 0 Å². The number of rotatable bonds is 4. The average Bonchev–Trinajstić information content (AvgIpc) is 4.08. The average molecular weight is 885 g/mol. The lowest BCUT2D eigenvalue weighted by molar-refractivity contribution is 0.669. The number of hydrogen-bond donors (Lipinski definition) is 0. The molecule has 0 bridgehead atoms. The quantitative estimate of drug-likeness (QED) is 0.161. The zero-order valence-electron chi connectivity index (χ0n) is 36.0. The van der Waals surface area contributed by atoms with E-state index in [9.17, 15) is 0 Å². The van der Waals surface area contributed by atoms with Crippen molar-refractivity contribution < 1.29 is 4.42 Å². The lowest BCUT2D eigenvalue weighted by Crippen LogP contribution is -1.91. The molecular weight excluding hydrogens is 849 g/mol. The molecule has 0 radical (unpaired) electrons. The molecule has 67 heavy (non-hydrogen) atoms. The minimum atomic E-state index is 0.883. The molecule has 0 spiro atoms. The summed E-state index contributed by atoms with van der Waals surface area (Å²) < 4.78 is 12.2. The van der Waals surface area contributed by atoms with Gasteiger partial charge >= 0.3 is 0 Å². The first-order valence-corrected chi connectivity index (χ1v) is 24.5. The summed E-state index contributed by atoms with van der Waals surface area (Å²) in [6.45, 7) is 0. The molecular formula is C64H36OS2. The van der Waals surface area contributed by atoms with E-state index in [2.05, 4.69) is 218 Å². The standard InChI is InChI=1S/C64H36OS2/c1-3-18-44-42(16-1)60(37-29-32-58-52(34-37)40-14-9-11-26-56(40)66-58)43-17-2-4-19-45(43)62(44)39-28-31-50-55(36-39)65-54-25-13-24-51(64(50)54)63-48-22-7-5-20-46(48)61(47-21-6-8-23-49(47)63)38-30-33-59-53(35-38)41-15-10-12-27-57(41)67-59/h1-36H. The zero-order chi connectivity index (χ0) is 43.7. The third-order valence-electron chi connectivity index (χ3n) is 14.2. The maximum atomic E-state index is 6.95. The van der Waals surface area contributed by atoms with Crippen LogP contribution in [0.25, 0.3) is 150 Å². The molecule has 0 saturated carbocycles. The SMILES string of the molecule is c1cc(-c2c3ccccc3c(-c3ccc4sc5ccccc5c4c3)c3ccccc23)c2c(c1)oc1cc(-c3c4ccccc4c(-c4ccc5sc6ccccc6c5c4)c4ccccc34)ccc12. The van der Waals surface area contributed by atoms with Crippen LogP contribution in [0.3, 0.4) is 0 Å². The molecule has 0 aliphatic carbocycles. The Hall–Kier alpha value is -8.08. The van der Waals surface area contributed by atoms with Crippen LogP contribution in [-0.4, -0.2) is 0 Å². The summed E-state index contributed by atoms with van der Waals surface area (Å²) in [4.78, 5) is 0. The van der Waals surface area contributed by atoms with Gasteiger partial charge in [-0.1, -0.05) is 164 Å². The Balaban J connectivity index is 0.936. The highest BCUT2D eigenvalue weighted by Gasteiger charge is 2.23. The fraction of sp³-hybridized carbons (Fsp3) is 0. The van der Waals surface area contributed by atoms with E-state index in [4.69, 9.17) is 4.42 Å². The molecule has 15 aromatic rings. The van der Waals surface area contributed by atoms with E-state index in [1.807, 2.05) is 22.7 Å². The monoisotopic (exact) mass is 884 g/mol. The molecule has 3 heteroatoms. The Bertz CT molecular complexity index is 4470. The first kappa shape index (κ1) is 37.2. The highest BCUT2D eigenvalue weighted by atomic mass is 32.1. The highest BCUT2D eigenvalue weighted by molar-refractivity contribution is 7.26. The van der Waals surface area contributed by atoms with Crippen molar-refractivity contribution in [2.45, 2.75) is 0 Å². The van der Waals surface area contributed by atoms with E-state index in [0.29, 0.717) is 0 Å². The van der Waals surface area contributed by atoms with Crippen LogP contribution in [0.2, 0.25) is 0 Å². The molecule has 3 aromatic heterocycles. The van der Waals surface area contributed by atoms with Gasteiger partial charge in [0.25, 0.3) is 0 Å². The summed E-state index contributed by atoms with van der Waals surface area (Å²) in [5.74, 6) is 0. The molecule has 0 fully saturated rings. The summed E-state index contributed by atoms with van der Waals surface area (Å²) in [5.41, 5.74) is 11.6. The van der Waals surface area contributed by atoms with Crippen LogP contribution in [0.15, 0.2) is 223 Å². The van der Waals surface area contributed by atoms with E-state index in [1.165, 1.54) is 122 Å². The van der Waals surface area contributed by atoms with Gasteiger partial charge in [0.1, 0.15) is 11.2 Å². The van der Waals surface area contributed by atoms with Gasteiger partial charge in [-0.05, 0) is 142 Å². The van der Waals surface area contributed by atoms with Gasteiger partial charge in [-0.15, -0.1) is 22.7 Å². The minimum Gasteiger partial charge on any atom is -0.456 e. The lowest BCUT2D eigenvalue weighted by atomic mass is 9.84. The minimum absolute atomic E-state index is 0.883. The van der Waals surface area contributed by atoms with Gasteiger partial charge in [-0.3, -0.25) is 0 Å². The number of thiophene rings is 2. The molecule has 0 atom stereocenters. The van der Waals surface area contributed by atoms with Crippen molar-refractivity contribution in [1.29, 1.82) is 0 Å². The summed E-state index contributed by atoms with van der Waals surface area (Å²) in [7, 11) is 0. The van der Waals surface area contributed by atoms with Gasteiger partial charge in [0, 0.05) is 51.1 Å². The van der Waals surface area contributed by atoms with Crippen LogP contribution in [0.4, 0.5) is 0 Å². The Labute approximate surface area is 393 Å². The van der Waals surface area contributed by atoms with Crippen molar-refractivity contribution >= 4 is 128 Å². The maximum Gasteiger partial charge on any atom is 0.136 e. The summed E-state index contributed by atoms with van der Waals surface area (Å²) in [5, 5.41) is 17.4. The van der Waals surface area contributed by atoms with Crippen molar-refractivity contribution in [3.63, 3.8) is 0 Å². The lowest BCUT2D eigenvalue weighted by Gasteiger charge is -2.18. The Morgan fingerprint density at radius 3 is 1.07 bits per heavy atom. The molecule has 12 aromatic carbocycles. The number of benzene rings is 12. The fourth-order valence-electron chi connectivity index (χ4n) is 11.4. The van der Waals surface area contributed by atoms with Crippen molar-refractivity contribution in [3.8, 4) is 44.5 Å². The van der Waals surface area contributed by atoms with Crippen molar-refractivity contribution in [1.82, 2.24) is 0 Å². The predicted octanol–water partition coefficient (Wildman–Crippen LogP) is 19.6. The van der Waals surface area contributed by atoms with Gasteiger partial charge in [-0.2, -0.15) is 0 Å². The topological polar surface area (TPSA) is 13.1 Å². The maximum absolute atomic E-state index is 6.95. The van der Waals surface area contributed by atoms with E-state index in [-0.39, 0.29) is 0 Å². The molecule has 0 saturated heterocycles. The molecule has 0 aliphatic heterocycles. The van der Waals surface area contributed by atoms with Crippen LogP contribution in [0.5, 0.6) is 0 Å². The highest BCUT2D eigenvalue weighted by Crippen LogP contribution is 2.50. The summed E-state index contributed by atoms with van der Waals surface area (Å²) >= 11 is 3.73. The van der Waals surface area contributed by atoms with Gasteiger partial charge in [0.2, 0.25) is 0 Å². The second-order valence-electron chi connectivity index (χ2n) is 17.8. The predicted molar refractivity (Wildman–Crippen MR) is 291 cm³/mol. The molecule has 0 amide bonds. The summed E-state index contributed by atoms with van der Waals surface area (Å²) in [6.07, 6.45) is 0. The van der Waals surface area contributed by atoms with Crippen LogP contribution in [0, 0.1) is 0 Å². The molecule has 15 rings (SSSR count). The number of fused-ring (bicyclic) bond motifs is 13. The second kappa shape index (κ2) is 14.2. The van der Waals surface area contributed by atoms with Crippen molar-refractivity contribution in [2.75, 3.05) is 0 Å². The third-order valence-corrected chi connectivity index (χ3v) is 16.6. The summed E-state index contributed by atoms with van der Waals surface area (Å²) in [6, 6.07) is 80.9. The number of hydrogen-bond acceptors (Lipinski definition) is 3. The number of furan rings is 1. The molecule has 0 aliphatic rings. The largest absolute Gasteiger partial charge is 0.456 e. The molecule has 310 valence electrons. The smallest absolute Gasteiger partial charge is 0.136 e. The van der Waals surface area contributed by atoms with Crippen LogP contribution < -0.4 is 0 Å². The normalized spacial score (nSPS) is 12.2. The Morgan fingerprint density at radius 2 is 0.612 bits per heavy atom.